The number of aryl methyl sites for hydroxylation is 6. The molecule has 48 heavy (non-hydrogen) atoms. The molecule has 236 valence electrons. The lowest BCUT2D eigenvalue weighted by Crippen LogP contribution is -2.01. The number of rotatable bonds is 3. The summed E-state index contributed by atoms with van der Waals surface area (Å²) in [6, 6.07) is 27.9. The van der Waals surface area contributed by atoms with E-state index in [-0.39, 0.29) is 5.92 Å². The van der Waals surface area contributed by atoms with Crippen LogP contribution in [-0.4, -0.2) is 29.9 Å². The molecule has 2 N–H and O–H groups in total. The predicted molar refractivity (Wildman–Crippen MR) is 197 cm³/mol. The predicted octanol–water partition coefficient (Wildman–Crippen LogP) is 9.83. The first-order valence-electron chi connectivity index (χ1n) is 16.6. The summed E-state index contributed by atoms with van der Waals surface area (Å²) in [6.45, 7) is 13.0. The van der Waals surface area contributed by atoms with E-state index in [1.54, 1.807) is 0 Å². The van der Waals surface area contributed by atoms with Gasteiger partial charge in [-0.15, -0.1) is 0 Å². The molecule has 0 saturated heterocycles. The molecule has 6 nitrogen and oxygen atoms in total. The smallest absolute Gasteiger partial charge is 0.155 e. The van der Waals surface area contributed by atoms with Crippen LogP contribution >= 0.6 is 0 Å². The zero-order chi connectivity index (χ0) is 33.1. The molecule has 2 aliphatic rings. The maximum Gasteiger partial charge on any atom is 0.155 e. The van der Waals surface area contributed by atoms with Crippen molar-refractivity contribution >= 4 is 34.5 Å². The van der Waals surface area contributed by atoms with E-state index in [0.29, 0.717) is 5.82 Å². The summed E-state index contributed by atoms with van der Waals surface area (Å²) in [5, 5.41) is 0. The molecule has 0 fully saturated rings. The molecule has 0 aliphatic carbocycles. The Balaban J connectivity index is 1.50. The van der Waals surface area contributed by atoms with Gasteiger partial charge < -0.3 is 9.97 Å². The molecular weight excluding hydrogens is 589 g/mol. The van der Waals surface area contributed by atoms with E-state index in [2.05, 4.69) is 130 Å². The first-order chi connectivity index (χ1) is 23.2. The first-order valence-corrected chi connectivity index (χ1v) is 16.6. The molecule has 0 amide bonds. The standard InChI is InChI=1S/C42H38N6/c1-23-18-25(3)38(26(4)19-23)40-31-12-15-35(43-31)47-36-16-13-33(44-36)41(39-27(5)20-24(2)21-28(39)6)34-22-30(29-10-8-7-9-11-29)42(46-34)48-37-17-14-32(40)45-37/h7-21,30H,22H2,1-6H3,(H,43,44,47)(H,45,46,48)/t30-/m0/s1. The maximum atomic E-state index is 5.37. The van der Waals surface area contributed by atoms with Crippen molar-refractivity contribution in [3.8, 4) is 22.3 Å². The Morgan fingerprint density at radius 2 is 1.10 bits per heavy atom. The van der Waals surface area contributed by atoms with E-state index in [1.165, 1.54) is 50.1 Å². The highest BCUT2D eigenvalue weighted by Gasteiger charge is 2.28. The molecule has 6 aromatic rings. The van der Waals surface area contributed by atoms with Crippen molar-refractivity contribution in [1.82, 2.24) is 29.9 Å². The Morgan fingerprint density at radius 3 is 1.73 bits per heavy atom. The molecule has 8 bridgehead atoms. The number of H-pyrrole nitrogens is 2. The molecular formula is C42H38N6. The second kappa shape index (κ2) is 11.6. The van der Waals surface area contributed by atoms with Crippen LogP contribution in [-0.2, 0) is 6.42 Å². The van der Waals surface area contributed by atoms with Gasteiger partial charge in [0.1, 0.15) is 17.1 Å². The van der Waals surface area contributed by atoms with Crippen LogP contribution in [0.3, 0.4) is 0 Å². The third kappa shape index (κ3) is 5.23. The summed E-state index contributed by atoms with van der Waals surface area (Å²) < 4.78 is 0. The van der Waals surface area contributed by atoms with Gasteiger partial charge in [0, 0.05) is 34.5 Å². The van der Waals surface area contributed by atoms with Crippen molar-refractivity contribution in [2.45, 2.75) is 53.9 Å². The van der Waals surface area contributed by atoms with Crippen molar-refractivity contribution in [3.05, 3.63) is 141 Å². The second-order valence-corrected chi connectivity index (χ2v) is 13.3. The lowest BCUT2D eigenvalue weighted by molar-refractivity contribution is 0.816. The zero-order valence-electron chi connectivity index (χ0n) is 28.2. The second-order valence-electron chi connectivity index (χ2n) is 13.3. The Labute approximate surface area is 280 Å². The van der Waals surface area contributed by atoms with E-state index in [9.17, 15) is 0 Å². The van der Waals surface area contributed by atoms with E-state index in [4.69, 9.17) is 19.9 Å². The van der Waals surface area contributed by atoms with Crippen LogP contribution in [0.5, 0.6) is 0 Å². The van der Waals surface area contributed by atoms with Crippen LogP contribution in [0, 0.1) is 41.5 Å². The van der Waals surface area contributed by atoms with Gasteiger partial charge in [-0.25, -0.2) is 19.9 Å². The lowest BCUT2D eigenvalue weighted by Gasteiger charge is -2.14. The number of benzene rings is 3. The van der Waals surface area contributed by atoms with Crippen molar-refractivity contribution in [3.63, 3.8) is 0 Å². The van der Waals surface area contributed by atoms with Gasteiger partial charge in [-0.05, 0) is 117 Å². The summed E-state index contributed by atoms with van der Waals surface area (Å²) in [6.07, 6.45) is 4.79. The fourth-order valence-corrected chi connectivity index (χ4v) is 7.73. The van der Waals surface area contributed by atoms with Crippen LogP contribution < -0.4 is 0 Å². The number of hydrogen-bond donors (Lipinski definition) is 2. The molecule has 3 aromatic heterocycles. The lowest BCUT2D eigenvalue weighted by atomic mass is 9.89. The van der Waals surface area contributed by atoms with Crippen LogP contribution in [0.15, 0.2) is 78.9 Å². The van der Waals surface area contributed by atoms with Crippen LogP contribution in [0.2, 0.25) is 0 Å². The summed E-state index contributed by atoms with van der Waals surface area (Å²) in [7, 11) is 0. The van der Waals surface area contributed by atoms with Crippen molar-refractivity contribution in [2.24, 2.45) is 0 Å². The van der Waals surface area contributed by atoms with Crippen LogP contribution in [0.25, 0.3) is 56.7 Å². The molecule has 8 rings (SSSR count). The molecule has 0 spiro atoms. The fourth-order valence-electron chi connectivity index (χ4n) is 7.73. The molecule has 0 radical (unpaired) electrons. The topological polar surface area (TPSA) is 83.1 Å². The number of fused-ring (bicyclic) bond motifs is 8. The van der Waals surface area contributed by atoms with Crippen molar-refractivity contribution in [1.29, 1.82) is 0 Å². The summed E-state index contributed by atoms with van der Waals surface area (Å²) >= 11 is 0. The summed E-state index contributed by atoms with van der Waals surface area (Å²) in [4.78, 5) is 28.0. The highest BCUT2D eigenvalue weighted by Crippen LogP contribution is 2.39. The minimum Gasteiger partial charge on any atom is -0.340 e. The van der Waals surface area contributed by atoms with Crippen molar-refractivity contribution in [2.75, 3.05) is 0 Å². The van der Waals surface area contributed by atoms with Gasteiger partial charge >= 0.3 is 0 Å². The first kappa shape index (κ1) is 29.8. The zero-order valence-corrected chi connectivity index (χ0v) is 28.2. The maximum absolute atomic E-state index is 5.37. The minimum absolute atomic E-state index is 0.00716. The fraction of sp³-hybridized carbons (Fsp3) is 0.190. The summed E-state index contributed by atoms with van der Waals surface area (Å²) in [5.74, 6) is 1.46. The van der Waals surface area contributed by atoms with Gasteiger partial charge in [-0.2, -0.15) is 0 Å². The van der Waals surface area contributed by atoms with E-state index < -0.39 is 0 Å². The Hall–Kier alpha value is -5.62. The molecule has 3 aromatic carbocycles. The van der Waals surface area contributed by atoms with E-state index in [1.807, 2.05) is 12.1 Å². The van der Waals surface area contributed by atoms with Crippen molar-refractivity contribution < 1.29 is 0 Å². The molecule has 2 aliphatic heterocycles. The van der Waals surface area contributed by atoms with Gasteiger partial charge in [0.25, 0.3) is 0 Å². The monoisotopic (exact) mass is 626 g/mol. The SMILES string of the molecule is Cc1cc(C)c(-c2c3nc(nc4ccc([nH]4)c(-c4c(C)cc(C)cc4C)c4nc(nc5ccc2[nH]5)[C@H](c2ccccc2)C4)C=C3)c(C)c1. The Bertz CT molecular complexity index is 2400. The normalized spacial score (nSPS) is 14.1. The van der Waals surface area contributed by atoms with Gasteiger partial charge in [0.2, 0.25) is 0 Å². The molecule has 1 atom stereocenters. The van der Waals surface area contributed by atoms with Gasteiger partial charge in [-0.3, -0.25) is 0 Å². The largest absolute Gasteiger partial charge is 0.340 e. The Kier molecular flexibility index (Phi) is 7.17. The number of nitrogens with zero attached hydrogens (tertiary/aromatic N) is 4. The van der Waals surface area contributed by atoms with Gasteiger partial charge in [-0.1, -0.05) is 65.7 Å². The summed E-state index contributed by atoms with van der Waals surface area (Å²) in [5.41, 5.74) is 18.3. The third-order valence-electron chi connectivity index (χ3n) is 9.53. The minimum atomic E-state index is 0.00716. The van der Waals surface area contributed by atoms with E-state index in [0.717, 1.165) is 57.1 Å². The average Bonchev–Trinajstić information content (AvgIpc) is 3.86. The van der Waals surface area contributed by atoms with Crippen LogP contribution in [0.4, 0.5) is 0 Å². The quantitative estimate of drug-likeness (QED) is 0.205. The molecule has 0 unspecified atom stereocenters. The number of hydrogen-bond acceptors (Lipinski definition) is 4. The number of aromatic nitrogens is 6. The molecule has 6 heteroatoms. The Morgan fingerprint density at radius 1 is 0.542 bits per heavy atom. The molecule has 0 saturated carbocycles. The average molecular weight is 627 g/mol. The van der Waals surface area contributed by atoms with Gasteiger partial charge in [0.05, 0.1) is 11.4 Å². The van der Waals surface area contributed by atoms with Gasteiger partial charge in [0.15, 0.2) is 5.82 Å². The molecule has 5 heterocycles. The number of nitrogens with one attached hydrogen (secondary N) is 2. The highest BCUT2D eigenvalue weighted by atomic mass is 15.0. The van der Waals surface area contributed by atoms with Crippen LogP contribution in [0.1, 0.15) is 67.9 Å². The number of aromatic amines is 2. The van der Waals surface area contributed by atoms with E-state index >= 15 is 0 Å². The third-order valence-corrected chi connectivity index (χ3v) is 9.53. The highest BCUT2D eigenvalue weighted by molar-refractivity contribution is 5.92.